The lowest BCUT2D eigenvalue weighted by Crippen LogP contribution is -2.17. The third-order valence-electron chi connectivity index (χ3n) is 4.76. The van der Waals surface area contributed by atoms with Crippen molar-refractivity contribution in [1.82, 2.24) is 0 Å². The minimum absolute atomic E-state index is 0.0572. The van der Waals surface area contributed by atoms with E-state index in [4.69, 9.17) is 14.2 Å². The number of carbonyl (C=O) groups excluding carboxylic acids is 1. The predicted molar refractivity (Wildman–Crippen MR) is 102 cm³/mol. The Morgan fingerprint density at radius 2 is 1.69 bits per heavy atom. The number of aryl methyl sites for hydroxylation is 1. The standard InChI is InChI=1S/C21H25NO4/c1-24-18-11-14(12-19(25-2)21(18)26-3)13-20(23)22-17-10-6-8-15-7-4-5-9-16(15)17/h6,8,10-12H,4-5,7,9,13H2,1-3H3,(H,22,23). The molecule has 3 rings (SSSR count). The largest absolute Gasteiger partial charge is 0.493 e. The van der Waals surface area contributed by atoms with Crippen LogP contribution in [0.25, 0.3) is 0 Å². The van der Waals surface area contributed by atoms with Gasteiger partial charge in [0.05, 0.1) is 27.8 Å². The van der Waals surface area contributed by atoms with Crippen molar-refractivity contribution in [2.45, 2.75) is 32.1 Å². The molecule has 1 amide bonds. The molecule has 1 N–H and O–H groups in total. The van der Waals surface area contributed by atoms with E-state index in [2.05, 4.69) is 11.4 Å². The highest BCUT2D eigenvalue weighted by Gasteiger charge is 2.17. The highest BCUT2D eigenvalue weighted by atomic mass is 16.5. The summed E-state index contributed by atoms with van der Waals surface area (Å²) in [5.74, 6) is 1.56. The Labute approximate surface area is 154 Å². The van der Waals surface area contributed by atoms with Crippen molar-refractivity contribution in [2.24, 2.45) is 0 Å². The van der Waals surface area contributed by atoms with E-state index in [1.54, 1.807) is 33.5 Å². The number of benzene rings is 2. The van der Waals surface area contributed by atoms with E-state index in [0.29, 0.717) is 17.2 Å². The minimum atomic E-state index is -0.0572. The van der Waals surface area contributed by atoms with Gasteiger partial charge in [-0.05, 0) is 60.6 Å². The van der Waals surface area contributed by atoms with Crippen molar-refractivity contribution in [3.63, 3.8) is 0 Å². The number of amides is 1. The Kier molecular flexibility index (Phi) is 5.66. The zero-order valence-electron chi connectivity index (χ0n) is 15.6. The molecule has 138 valence electrons. The van der Waals surface area contributed by atoms with E-state index >= 15 is 0 Å². The lowest BCUT2D eigenvalue weighted by atomic mass is 9.90. The second kappa shape index (κ2) is 8.13. The summed E-state index contributed by atoms with van der Waals surface area (Å²) in [6.45, 7) is 0. The fraction of sp³-hybridized carbons (Fsp3) is 0.381. The molecule has 5 nitrogen and oxygen atoms in total. The maximum Gasteiger partial charge on any atom is 0.228 e. The van der Waals surface area contributed by atoms with Crippen LogP contribution in [0.15, 0.2) is 30.3 Å². The van der Waals surface area contributed by atoms with Crippen LogP contribution in [0, 0.1) is 0 Å². The number of nitrogens with one attached hydrogen (secondary N) is 1. The first-order chi connectivity index (χ1) is 12.7. The van der Waals surface area contributed by atoms with Crippen molar-refractivity contribution in [3.8, 4) is 17.2 Å². The number of carbonyl (C=O) groups is 1. The minimum Gasteiger partial charge on any atom is -0.493 e. The predicted octanol–water partition coefficient (Wildman–Crippen LogP) is 3.77. The number of hydrogen-bond acceptors (Lipinski definition) is 4. The Morgan fingerprint density at radius 3 is 2.35 bits per heavy atom. The van der Waals surface area contributed by atoms with E-state index in [1.807, 2.05) is 12.1 Å². The number of methoxy groups -OCH3 is 3. The van der Waals surface area contributed by atoms with Crippen LogP contribution >= 0.6 is 0 Å². The summed E-state index contributed by atoms with van der Waals surface area (Å²) in [6.07, 6.45) is 4.74. The third-order valence-corrected chi connectivity index (χ3v) is 4.76. The van der Waals surface area contributed by atoms with Crippen molar-refractivity contribution in [3.05, 3.63) is 47.0 Å². The molecular formula is C21H25NO4. The summed E-state index contributed by atoms with van der Waals surface area (Å²) >= 11 is 0. The van der Waals surface area contributed by atoms with Gasteiger partial charge in [-0.1, -0.05) is 12.1 Å². The molecular weight excluding hydrogens is 330 g/mol. The number of fused-ring (bicyclic) bond motifs is 1. The summed E-state index contributed by atoms with van der Waals surface area (Å²) in [6, 6.07) is 9.77. The van der Waals surface area contributed by atoms with Gasteiger partial charge in [-0.25, -0.2) is 0 Å². The summed E-state index contributed by atoms with van der Waals surface area (Å²) in [7, 11) is 4.69. The molecule has 2 aromatic rings. The van der Waals surface area contributed by atoms with Gasteiger partial charge in [-0.15, -0.1) is 0 Å². The fourth-order valence-electron chi connectivity index (χ4n) is 3.52. The van der Waals surface area contributed by atoms with Crippen LogP contribution in [0.2, 0.25) is 0 Å². The van der Waals surface area contributed by atoms with Gasteiger partial charge in [0.15, 0.2) is 11.5 Å². The van der Waals surface area contributed by atoms with Crippen LogP contribution in [0.1, 0.15) is 29.5 Å². The van der Waals surface area contributed by atoms with Gasteiger partial charge in [-0.2, -0.15) is 0 Å². The van der Waals surface area contributed by atoms with Gasteiger partial charge in [-0.3, -0.25) is 4.79 Å². The third kappa shape index (κ3) is 3.77. The van der Waals surface area contributed by atoms with Crippen LogP contribution in [-0.4, -0.2) is 27.2 Å². The van der Waals surface area contributed by atoms with Crippen LogP contribution in [0.5, 0.6) is 17.2 Å². The number of anilines is 1. The van der Waals surface area contributed by atoms with Gasteiger partial charge < -0.3 is 19.5 Å². The molecule has 0 unspecified atom stereocenters. The van der Waals surface area contributed by atoms with Gasteiger partial charge in [0.25, 0.3) is 0 Å². The Hall–Kier alpha value is -2.69. The first-order valence-electron chi connectivity index (χ1n) is 8.85. The zero-order valence-corrected chi connectivity index (χ0v) is 15.6. The molecule has 0 heterocycles. The Bertz CT molecular complexity index is 776. The molecule has 2 aromatic carbocycles. The molecule has 0 spiro atoms. The van der Waals surface area contributed by atoms with Crippen LogP contribution < -0.4 is 19.5 Å². The van der Waals surface area contributed by atoms with Crippen LogP contribution in [-0.2, 0) is 24.1 Å². The lowest BCUT2D eigenvalue weighted by molar-refractivity contribution is -0.115. The highest BCUT2D eigenvalue weighted by molar-refractivity contribution is 5.93. The normalized spacial score (nSPS) is 12.9. The van der Waals surface area contributed by atoms with Crippen molar-refractivity contribution >= 4 is 11.6 Å². The van der Waals surface area contributed by atoms with E-state index in [-0.39, 0.29) is 12.3 Å². The van der Waals surface area contributed by atoms with E-state index in [1.165, 1.54) is 24.0 Å². The molecule has 0 saturated heterocycles. The van der Waals surface area contributed by atoms with E-state index in [9.17, 15) is 4.79 Å². The molecule has 1 aliphatic rings. The van der Waals surface area contributed by atoms with Crippen LogP contribution in [0.4, 0.5) is 5.69 Å². The fourth-order valence-corrected chi connectivity index (χ4v) is 3.52. The molecule has 0 bridgehead atoms. The Balaban J connectivity index is 1.79. The van der Waals surface area contributed by atoms with Gasteiger partial charge in [0.1, 0.15) is 0 Å². The zero-order chi connectivity index (χ0) is 18.5. The molecule has 0 aliphatic heterocycles. The lowest BCUT2D eigenvalue weighted by Gasteiger charge is -2.19. The summed E-state index contributed by atoms with van der Waals surface area (Å²) in [5.41, 5.74) is 4.36. The van der Waals surface area contributed by atoms with E-state index < -0.39 is 0 Å². The molecule has 0 atom stereocenters. The summed E-state index contributed by atoms with van der Waals surface area (Å²) in [5, 5.41) is 3.07. The second-order valence-electron chi connectivity index (χ2n) is 6.41. The topological polar surface area (TPSA) is 56.8 Å². The van der Waals surface area contributed by atoms with Crippen LogP contribution in [0.3, 0.4) is 0 Å². The molecule has 5 heteroatoms. The smallest absolute Gasteiger partial charge is 0.228 e. The average Bonchev–Trinajstić information content (AvgIpc) is 2.67. The second-order valence-corrected chi connectivity index (χ2v) is 6.41. The average molecular weight is 355 g/mol. The summed E-state index contributed by atoms with van der Waals surface area (Å²) < 4.78 is 16.0. The maximum atomic E-state index is 12.6. The SMILES string of the molecule is COc1cc(CC(=O)Nc2cccc3c2CCCC3)cc(OC)c1OC. The van der Waals surface area contributed by atoms with Crippen molar-refractivity contribution in [1.29, 1.82) is 0 Å². The van der Waals surface area contributed by atoms with Gasteiger partial charge in [0, 0.05) is 5.69 Å². The molecule has 0 aromatic heterocycles. The highest BCUT2D eigenvalue weighted by Crippen LogP contribution is 2.38. The van der Waals surface area contributed by atoms with Gasteiger partial charge in [0.2, 0.25) is 11.7 Å². The Morgan fingerprint density at radius 1 is 1.00 bits per heavy atom. The van der Waals surface area contributed by atoms with E-state index in [0.717, 1.165) is 24.1 Å². The van der Waals surface area contributed by atoms with Crippen molar-refractivity contribution in [2.75, 3.05) is 26.6 Å². The maximum absolute atomic E-state index is 12.6. The molecule has 1 aliphatic carbocycles. The molecule has 0 radical (unpaired) electrons. The van der Waals surface area contributed by atoms with Gasteiger partial charge >= 0.3 is 0 Å². The van der Waals surface area contributed by atoms with Crippen molar-refractivity contribution < 1.29 is 19.0 Å². The quantitative estimate of drug-likeness (QED) is 0.857. The first-order valence-corrected chi connectivity index (χ1v) is 8.85. The number of hydrogen-bond donors (Lipinski definition) is 1. The summed E-state index contributed by atoms with van der Waals surface area (Å²) in [4.78, 5) is 12.6. The molecule has 0 fully saturated rings. The monoisotopic (exact) mass is 355 g/mol. The first kappa shape index (κ1) is 18.1. The molecule has 26 heavy (non-hydrogen) atoms. The molecule has 0 saturated carbocycles. The number of rotatable bonds is 6. The number of ether oxygens (including phenoxy) is 3.